The van der Waals surface area contributed by atoms with Crippen LogP contribution in [0.25, 0.3) is 0 Å². The van der Waals surface area contributed by atoms with Gasteiger partial charge in [-0.15, -0.1) is 0 Å². The average Bonchev–Trinajstić information content (AvgIpc) is 3.03. The zero-order chi connectivity index (χ0) is 16.4. The Labute approximate surface area is 144 Å². The lowest BCUT2D eigenvalue weighted by atomic mass is 10.3. The van der Waals surface area contributed by atoms with E-state index in [-0.39, 0.29) is 5.91 Å². The molecule has 23 heavy (non-hydrogen) atoms. The number of aryl methyl sites for hydroxylation is 1. The van der Waals surface area contributed by atoms with Crippen LogP contribution in [0.1, 0.15) is 29.0 Å². The lowest BCUT2D eigenvalue weighted by Gasteiger charge is -2.15. The number of carbonyl (C=O) groups is 1. The number of hydrogen-bond acceptors (Lipinski definition) is 4. The van der Waals surface area contributed by atoms with E-state index < -0.39 is 0 Å². The predicted octanol–water partition coefficient (Wildman–Crippen LogP) is 4.07. The molecule has 2 heterocycles. The van der Waals surface area contributed by atoms with Crippen LogP contribution in [-0.2, 0) is 0 Å². The molecule has 1 N–H and O–H groups in total. The number of hydrogen-bond donors (Lipinski definition) is 1. The third kappa shape index (κ3) is 3.74. The lowest BCUT2D eigenvalue weighted by molar-refractivity contribution is 0.0787. The van der Waals surface area contributed by atoms with Crippen LogP contribution in [0.4, 0.5) is 11.6 Å². The van der Waals surface area contributed by atoms with Crippen LogP contribution < -0.4 is 5.32 Å². The van der Waals surface area contributed by atoms with Crippen LogP contribution in [0.5, 0.6) is 0 Å². The molecular formula is C16H16Cl2N4O. The molecule has 1 aliphatic heterocycles. The Morgan fingerprint density at radius 2 is 1.91 bits per heavy atom. The maximum Gasteiger partial charge on any atom is 0.272 e. The fourth-order valence-corrected chi connectivity index (χ4v) is 2.98. The van der Waals surface area contributed by atoms with Crippen LogP contribution in [0, 0.1) is 6.92 Å². The minimum Gasteiger partial charge on any atom is -0.337 e. The number of likely N-dealkylation sites (tertiary alicyclic amines) is 1. The zero-order valence-corrected chi connectivity index (χ0v) is 14.2. The molecule has 1 amide bonds. The summed E-state index contributed by atoms with van der Waals surface area (Å²) in [5.41, 5.74) is 1.75. The number of nitrogens with one attached hydrogen (secondary N) is 1. The van der Waals surface area contributed by atoms with Crippen LogP contribution >= 0.6 is 23.2 Å². The zero-order valence-electron chi connectivity index (χ0n) is 12.6. The number of amides is 1. The van der Waals surface area contributed by atoms with E-state index >= 15 is 0 Å². The molecule has 5 nitrogen and oxygen atoms in total. The molecule has 0 spiro atoms. The minimum atomic E-state index is -0.0572. The van der Waals surface area contributed by atoms with Crippen molar-refractivity contribution in [2.45, 2.75) is 19.8 Å². The quantitative estimate of drug-likeness (QED) is 0.906. The highest BCUT2D eigenvalue weighted by molar-refractivity contribution is 6.36. The number of aromatic nitrogens is 2. The second-order valence-electron chi connectivity index (χ2n) is 5.47. The summed E-state index contributed by atoms with van der Waals surface area (Å²) in [5.74, 6) is 0.287. The summed E-state index contributed by atoms with van der Waals surface area (Å²) < 4.78 is 0. The van der Waals surface area contributed by atoms with Crippen LogP contribution in [0.2, 0.25) is 10.0 Å². The molecule has 1 aromatic carbocycles. The maximum absolute atomic E-state index is 12.5. The monoisotopic (exact) mass is 350 g/mol. The Balaban J connectivity index is 1.86. The summed E-state index contributed by atoms with van der Waals surface area (Å²) in [6, 6.07) is 6.81. The molecule has 0 atom stereocenters. The van der Waals surface area contributed by atoms with Crippen molar-refractivity contribution in [1.82, 2.24) is 14.9 Å². The first kappa shape index (κ1) is 16.0. The van der Waals surface area contributed by atoms with E-state index in [9.17, 15) is 4.79 Å². The molecule has 2 aromatic rings. The second-order valence-corrected chi connectivity index (χ2v) is 6.31. The number of benzene rings is 1. The fourth-order valence-electron chi connectivity index (χ4n) is 2.53. The van der Waals surface area contributed by atoms with Gasteiger partial charge in [0.15, 0.2) is 0 Å². The topological polar surface area (TPSA) is 58.1 Å². The van der Waals surface area contributed by atoms with E-state index in [1.807, 2.05) is 11.8 Å². The normalized spacial score (nSPS) is 14.1. The Bertz CT molecular complexity index is 745. The van der Waals surface area contributed by atoms with E-state index in [4.69, 9.17) is 23.2 Å². The molecule has 0 aliphatic carbocycles. The van der Waals surface area contributed by atoms with Gasteiger partial charge in [-0.2, -0.15) is 0 Å². The van der Waals surface area contributed by atoms with E-state index in [2.05, 4.69) is 15.3 Å². The first-order valence-electron chi connectivity index (χ1n) is 7.40. The van der Waals surface area contributed by atoms with Gasteiger partial charge in [0.2, 0.25) is 5.95 Å². The Morgan fingerprint density at radius 3 is 2.61 bits per heavy atom. The highest BCUT2D eigenvalue weighted by atomic mass is 35.5. The van der Waals surface area contributed by atoms with Crippen molar-refractivity contribution in [3.63, 3.8) is 0 Å². The number of halogens is 2. The van der Waals surface area contributed by atoms with Crippen molar-refractivity contribution in [2.24, 2.45) is 0 Å². The largest absolute Gasteiger partial charge is 0.337 e. The number of anilines is 2. The van der Waals surface area contributed by atoms with Gasteiger partial charge in [0, 0.05) is 23.8 Å². The molecule has 1 aliphatic rings. The van der Waals surface area contributed by atoms with Gasteiger partial charge in [-0.25, -0.2) is 9.97 Å². The Morgan fingerprint density at radius 1 is 1.17 bits per heavy atom. The first-order valence-corrected chi connectivity index (χ1v) is 8.15. The van der Waals surface area contributed by atoms with Crippen molar-refractivity contribution in [3.05, 3.63) is 45.7 Å². The molecule has 0 radical (unpaired) electrons. The third-order valence-electron chi connectivity index (χ3n) is 3.64. The van der Waals surface area contributed by atoms with Crippen molar-refractivity contribution >= 4 is 40.7 Å². The molecule has 1 aromatic heterocycles. The molecule has 0 saturated carbocycles. The maximum atomic E-state index is 12.5. The van der Waals surface area contributed by atoms with Crippen LogP contribution in [-0.4, -0.2) is 33.9 Å². The van der Waals surface area contributed by atoms with Crippen molar-refractivity contribution < 1.29 is 4.79 Å². The Hall–Kier alpha value is -1.85. The minimum absolute atomic E-state index is 0.0572. The molecule has 1 fully saturated rings. The van der Waals surface area contributed by atoms with Gasteiger partial charge in [0.05, 0.1) is 10.7 Å². The molecule has 0 bridgehead atoms. The summed E-state index contributed by atoms with van der Waals surface area (Å²) in [4.78, 5) is 22.9. The SMILES string of the molecule is Cc1cc(C(=O)N2CCCC2)nc(Nc2ccc(Cl)cc2Cl)n1. The van der Waals surface area contributed by atoms with E-state index in [0.717, 1.165) is 31.6 Å². The summed E-state index contributed by atoms with van der Waals surface area (Å²) in [7, 11) is 0. The molecule has 0 unspecified atom stereocenters. The van der Waals surface area contributed by atoms with Crippen LogP contribution in [0.15, 0.2) is 24.3 Å². The van der Waals surface area contributed by atoms with E-state index in [0.29, 0.717) is 27.4 Å². The predicted molar refractivity (Wildman–Crippen MR) is 91.7 cm³/mol. The third-order valence-corrected chi connectivity index (χ3v) is 4.19. The smallest absolute Gasteiger partial charge is 0.272 e. The molecule has 3 rings (SSSR count). The van der Waals surface area contributed by atoms with Gasteiger partial charge in [0.25, 0.3) is 5.91 Å². The summed E-state index contributed by atoms with van der Waals surface area (Å²) >= 11 is 12.0. The van der Waals surface area contributed by atoms with Gasteiger partial charge in [-0.3, -0.25) is 4.79 Å². The lowest BCUT2D eigenvalue weighted by Crippen LogP contribution is -2.28. The molecule has 1 saturated heterocycles. The Kier molecular flexibility index (Phi) is 4.68. The van der Waals surface area contributed by atoms with E-state index in [1.54, 1.807) is 24.3 Å². The highest BCUT2D eigenvalue weighted by Crippen LogP contribution is 2.27. The molecule has 7 heteroatoms. The number of rotatable bonds is 3. The van der Waals surface area contributed by atoms with Gasteiger partial charge in [-0.1, -0.05) is 23.2 Å². The van der Waals surface area contributed by atoms with Crippen molar-refractivity contribution in [2.75, 3.05) is 18.4 Å². The summed E-state index contributed by atoms with van der Waals surface area (Å²) in [5, 5.41) is 4.06. The van der Waals surface area contributed by atoms with Gasteiger partial charge in [0.1, 0.15) is 5.69 Å². The second kappa shape index (κ2) is 6.72. The highest BCUT2D eigenvalue weighted by Gasteiger charge is 2.21. The van der Waals surface area contributed by atoms with Gasteiger partial charge >= 0.3 is 0 Å². The average molecular weight is 351 g/mol. The number of nitrogens with zero attached hydrogens (tertiary/aromatic N) is 3. The van der Waals surface area contributed by atoms with E-state index in [1.165, 1.54) is 0 Å². The molecular weight excluding hydrogens is 335 g/mol. The summed E-state index contributed by atoms with van der Waals surface area (Å²) in [6.45, 7) is 3.40. The van der Waals surface area contributed by atoms with Gasteiger partial charge < -0.3 is 10.2 Å². The van der Waals surface area contributed by atoms with Gasteiger partial charge in [-0.05, 0) is 44.0 Å². The fraction of sp³-hybridized carbons (Fsp3) is 0.312. The van der Waals surface area contributed by atoms with Crippen LogP contribution in [0.3, 0.4) is 0 Å². The molecule has 120 valence electrons. The van der Waals surface area contributed by atoms with Crippen molar-refractivity contribution in [1.29, 1.82) is 0 Å². The first-order chi connectivity index (χ1) is 11.0. The number of carbonyl (C=O) groups excluding carboxylic acids is 1. The standard InChI is InChI=1S/C16H16Cl2N4O/c1-10-8-14(15(23)22-6-2-3-7-22)21-16(19-10)20-13-5-4-11(17)9-12(13)18/h4-5,8-9H,2-3,6-7H2,1H3,(H,19,20,21). The van der Waals surface area contributed by atoms with Crippen molar-refractivity contribution in [3.8, 4) is 0 Å². The summed E-state index contributed by atoms with van der Waals surface area (Å²) in [6.07, 6.45) is 2.09.